The highest BCUT2D eigenvalue weighted by Gasteiger charge is 2.25. The number of rotatable bonds is 7. The fourth-order valence-electron chi connectivity index (χ4n) is 2.34. The molecule has 2 rings (SSSR count). The molecule has 1 N–H and O–H groups in total. The molecule has 2 aromatic carbocycles. The number of amides is 2. The summed E-state index contributed by atoms with van der Waals surface area (Å²) < 4.78 is 7.64. The minimum absolute atomic E-state index is 0.127. The molecule has 0 aliphatic rings. The molecule has 0 aliphatic carbocycles. The fourth-order valence-corrected chi connectivity index (χ4v) is 2.96. The molecule has 0 fully saturated rings. The van der Waals surface area contributed by atoms with Crippen molar-refractivity contribution in [1.82, 2.24) is 10.2 Å². The average molecular weight is 531 g/mol. The van der Waals surface area contributed by atoms with Gasteiger partial charge in [-0.2, -0.15) is 0 Å². The molecule has 2 amide bonds. The van der Waals surface area contributed by atoms with Gasteiger partial charge in [-0.3, -0.25) is 9.59 Å². The molecule has 1 atom stereocenters. The summed E-state index contributed by atoms with van der Waals surface area (Å²) in [6.07, 6.45) is 0. The predicted molar refractivity (Wildman–Crippen MR) is 113 cm³/mol. The first kappa shape index (κ1) is 20.7. The topological polar surface area (TPSA) is 58.6 Å². The second-order valence-electron chi connectivity index (χ2n) is 5.68. The van der Waals surface area contributed by atoms with E-state index in [4.69, 9.17) is 4.74 Å². The van der Waals surface area contributed by atoms with Gasteiger partial charge in [0, 0.05) is 21.6 Å². The van der Waals surface area contributed by atoms with Crippen molar-refractivity contribution in [3.63, 3.8) is 0 Å². The summed E-state index contributed by atoms with van der Waals surface area (Å²) in [5, 5.41) is 2.59. The molecule has 0 unspecified atom stereocenters. The standard InChI is InChI=1S/C19H20BrIN2O3/c1-13(19(25)22-2)23(11-14-3-5-15(20)6-4-14)18(24)12-26-17-9-7-16(21)8-10-17/h3-10,13H,11-12H2,1-2H3,(H,22,25)/t13-/m1/s1. The Morgan fingerprint density at radius 1 is 1.15 bits per heavy atom. The van der Waals surface area contributed by atoms with Crippen LogP contribution in [0.3, 0.4) is 0 Å². The minimum atomic E-state index is -0.600. The summed E-state index contributed by atoms with van der Waals surface area (Å²) in [5.41, 5.74) is 0.937. The summed E-state index contributed by atoms with van der Waals surface area (Å²) in [6, 6.07) is 14.5. The highest BCUT2D eigenvalue weighted by molar-refractivity contribution is 14.1. The van der Waals surface area contributed by atoms with Gasteiger partial charge in [0.15, 0.2) is 6.61 Å². The fraction of sp³-hybridized carbons (Fsp3) is 0.263. The molecule has 2 aromatic rings. The van der Waals surface area contributed by atoms with Gasteiger partial charge in [0.2, 0.25) is 5.91 Å². The lowest BCUT2D eigenvalue weighted by Crippen LogP contribution is -2.48. The third-order valence-corrected chi connectivity index (χ3v) is 5.10. The number of nitrogens with one attached hydrogen (secondary N) is 1. The van der Waals surface area contributed by atoms with Crippen molar-refractivity contribution in [2.45, 2.75) is 19.5 Å². The van der Waals surface area contributed by atoms with E-state index in [0.717, 1.165) is 13.6 Å². The van der Waals surface area contributed by atoms with Gasteiger partial charge in [-0.05, 0) is 71.5 Å². The Kier molecular flexibility index (Phi) is 7.89. The summed E-state index contributed by atoms with van der Waals surface area (Å²) in [5.74, 6) is 0.155. The Balaban J connectivity index is 2.10. The molecule has 0 spiro atoms. The number of likely N-dealkylation sites (N-methyl/N-ethyl adjacent to an activating group) is 1. The van der Waals surface area contributed by atoms with E-state index < -0.39 is 6.04 Å². The SMILES string of the molecule is CNC(=O)[C@@H](C)N(Cc1ccc(Br)cc1)C(=O)COc1ccc(I)cc1. The van der Waals surface area contributed by atoms with Crippen molar-refractivity contribution in [3.8, 4) is 5.75 Å². The lowest BCUT2D eigenvalue weighted by molar-refractivity contribution is -0.142. The van der Waals surface area contributed by atoms with E-state index in [2.05, 4.69) is 43.8 Å². The second kappa shape index (κ2) is 9.91. The van der Waals surface area contributed by atoms with E-state index in [1.54, 1.807) is 14.0 Å². The van der Waals surface area contributed by atoms with Crippen molar-refractivity contribution >= 4 is 50.3 Å². The van der Waals surface area contributed by atoms with Crippen LogP contribution in [0.2, 0.25) is 0 Å². The number of nitrogens with zero attached hydrogens (tertiary/aromatic N) is 1. The van der Waals surface area contributed by atoms with Gasteiger partial charge in [0.25, 0.3) is 5.91 Å². The van der Waals surface area contributed by atoms with Gasteiger partial charge < -0.3 is 15.0 Å². The van der Waals surface area contributed by atoms with Crippen molar-refractivity contribution < 1.29 is 14.3 Å². The number of ether oxygens (including phenoxy) is 1. The van der Waals surface area contributed by atoms with Crippen LogP contribution in [-0.2, 0) is 16.1 Å². The number of hydrogen-bond acceptors (Lipinski definition) is 3. The maximum atomic E-state index is 12.7. The van der Waals surface area contributed by atoms with E-state index >= 15 is 0 Å². The number of hydrogen-bond donors (Lipinski definition) is 1. The van der Waals surface area contributed by atoms with Gasteiger partial charge in [-0.1, -0.05) is 28.1 Å². The van der Waals surface area contributed by atoms with Crippen molar-refractivity contribution in [2.24, 2.45) is 0 Å². The molecule has 0 saturated heterocycles. The van der Waals surface area contributed by atoms with E-state index in [1.807, 2.05) is 48.5 Å². The third-order valence-electron chi connectivity index (χ3n) is 3.86. The van der Waals surface area contributed by atoms with Crippen LogP contribution in [0, 0.1) is 3.57 Å². The molecule has 138 valence electrons. The van der Waals surface area contributed by atoms with E-state index in [9.17, 15) is 9.59 Å². The Morgan fingerprint density at radius 3 is 2.35 bits per heavy atom. The van der Waals surface area contributed by atoms with Crippen LogP contribution in [0.25, 0.3) is 0 Å². The van der Waals surface area contributed by atoms with E-state index in [1.165, 1.54) is 4.90 Å². The molecular formula is C19H20BrIN2O3. The van der Waals surface area contributed by atoms with Crippen LogP contribution in [0.4, 0.5) is 0 Å². The maximum Gasteiger partial charge on any atom is 0.261 e. The first-order valence-corrected chi connectivity index (χ1v) is 9.91. The Morgan fingerprint density at radius 2 is 1.77 bits per heavy atom. The number of benzene rings is 2. The molecule has 0 aliphatic heterocycles. The van der Waals surface area contributed by atoms with Crippen molar-refractivity contribution in [3.05, 3.63) is 62.1 Å². The zero-order chi connectivity index (χ0) is 19.1. The second-order valence-corrected chi connectivity index (χ2v) is 7.84. The summed E-state index contributed by atoms with van der Waals surface area (Å²) in [7, 11) is 1.56. The quantitative estimate of drug-likeness (QED) is 0.556. The molecule has 0 radical (unpaired) electrons. The first-order valence-electron chi connectivity index (χ1n) is 8.04. The summed E-state index contributed by atoms with van der Waals surface area (Å²) in [4.78, 5) is 26.3. The molecule has 0 heterocycles. The molecule has 0 saturated carbocycles. The molecular weight excluding hydrogens is 511 g/mol. The zero-order valence-corrected chi connectivity index (χ0v) is 18.3. The summed E-state index contributed by atoms with van der Waals surface area (Å²) in [6.45, 7) is 1.91. The zero-order valence-electron chi connectivity index (χ0n) is 14.5. The predicted octanol–water partition coefficient (Wildman–Crippen LogP) is 3.60. The normalized spacial score (nSPS) is 11.5. The third kappa shape index (κ3) is 5.98. The van der Waals surface area contributed by atoms with E-state index in [0.29, 0.717) is 12.3 Å². The maximum absolute atomic E-state index is 12.7. The largest absolute Gasteiger partial charge is 0.484 e. The van der Waals surface area contributed by atoms with Crippen LogP contribution in [0.1, 0.15) is 12.5 Å². The van der Waals surface area contributed by atoms with Crippen LogP contribution in [-0.4, -0.2) is 36.4 Å². The lowest BCUT2D eigenvalue weighted by Gasteiger charge is -2.28. The number of carbonyl (C=O) groups excluding carboxylic acids is 2. The van der Waals surface area contributed by atoms with Crippen LogP contribution < -0.4 is 10.1 Å². The van der Waals surface area contributed by atoms with Crippen molar-refractivity contribution in [2.75, 3.05) is 13.7 Å². The average Bonchev–Trinajstić information content (AvgIpc) is 2.65. The Hall–Kier alpha value is -1.61. The van der Waals surface area contributed by atoms with Gasteiger partial charge in [0.05, 0.1) is 0 Å². The molecule has 7 heteroatoms. The number of halogens is 2. The van der Waals surface area contributed by atoms with Crippen LogP contribution >= 0.6 is 38.5 Å². The van der Waals surface area contributed by atoms with Gasteiger partial charge >= 0.3 is 0 Å². The van der Waals surface area contributed by atoms with Crippen LogP contribution in [0.5, 0.6) is 5.75 Å². The summed E-state index contributed by atoms with van der Waals surface area (Å²) >= 11 is 5.60. The Labute approximate surface area is 175 Å². The molecule has 5 nitrogen and oxygen atoms in total. The molecule has 0 bridgehead atoms. The smallest absolute Gasteiger partial charge is 0.261 e. The van der Waals surface area contributed by atoms with Gasteiger partial charge in [0.1, 0.15) is 11.8 Å². The first-order chi connectivity index (χ1) is 12.4. The monoisotopic (exact) mass is 530 g/mol. The van der Waals surface area contributed by atoms with Gasteiger partial charge in [-0.15, -0.1) is 0 Å². The minimum Gasteiger partial charge on any atom is -0.484 e. The number of carbonyl (C=O) groups is 2. The van der Waals surface area contributed by atoms with Crippen molar-refractivity contribution in [1.29, 1.82) is 0 Å². The van der Waals surface area contributed by atoms with Crippen LogP contribution in [0.15, 0.2) is 53.0 Å². The lowest BCUT2D eigenvalue weighted by atomic mass is 10.1. The van der Waals surface area contributed by atoms with E-state index in [-0.39, 0.29) is 18.4 Å². The highest BCUT2D eigenvalue weighted by Crippen LogP contribution is 2.16. The van der Waals surface area contributed by atoms with Gasteiger partial charge in [-0.25, -0.2) is 0 Å². The molecule has 26 heavy (non-hydrogen) atoms. The molecule has 0 aromatic heterocycles. The highest BCUT2D eigenvalue weighted by atomic mass is 127. The Bertz CT molecular complexity index is 750.